The van der Waals surface area contributed by atoms with Gasteiger partial charge in [-0.2, -0.15) is 0 Å². The highest BCUT2D eigenvalue weighted by molar-refractivity contribution is 5.73. The summed E-state index contributed by atoms with van der Waals surface area (Å²) >= 11 is 0. The van der Waals surface area contributed by atoms with Gasteiger partial charge in [0.15, 0.2) is 0 Å². The molecule has 10 nitrogen and oxygen atoms in total. The van der Waals surface area contributed by atoms with E-state index in [9.17, 15) is 9.59 Å². The Hall–Kier alpha value is -1.30. The standard InChI is InChI=1S/C46H76O10/c47-45(35-11-15-37(16-12-35)51-27-7-3-1-5-25-49-31-33-9-23-41-43(29-33)55-41)53-39-19-21-40(22-20-39)54-46(48)36-13-17-38(18-14-36)52-28-8-4-2-6-26-50-32-34-10-24-42-44(30-34)56-42/h33-44H,1-32H2. The van der Waals surface area contributed by atoms with E-state index < -0.39 is 0 Å². The van der Waals surface area contributed by atoms with E-state index in [4.69, 9.17) is 37.9 Å². The normalized spacial score (nSPS) is 36.6. The van der Waals surface area contributed by atoms with Gasteiger partial charge in [0.25, 0.3) is 0 Å². The molecule has 2 aliphatic heterocycles. The maximum absolute atomic E-state index is 13.0. The average Bonchev–Trinajstić information content (AvgIpc) is 4.16. The van der Waals surface area contributed by atoms with Crippen molar-refractivity contribution in [3.63, 3.8) is 0 Å². The van der Waals surface area contributed by atoms with Crippen LogP contribution in [0, 0.1) is 23.7 Å². The predicted molar refractivity (Wildman–Crippen MR) is 212 cm³/mol. The monoisotopic (exact) mass is 789 g/mol. The average molecular weight is 789 g/mol. The van der Waals surface area contributed by atoms with Crippen LogP contribution in [0.5, 0.6) is 0 Å². The molecule has 320 valence electrons. The molecular formula is C46H76O10. The molecule has 10 heteroatoms. The Morgan fingerprint density at radius 2 is 0.768 bits per heavy atom. The van der Waals surface area contributed by atoms with Gasteiger partial charge in [0.05, 0.1) is 48.5 Å². The second kappa shape index (κ2) is 22.9. The highest BCUT2D eigenvalue weighted by Crippen LogP contribution is 2.40. The summed E-state index contributed by atoms with van der Waals surface area (Å²) in [7, 11) is 0. The summed E-state index contributed by atoms with van der Waals surface area (Å²) in [5.41, 5.74) is 0. The van der Waals surface area contributed by atoms with E-state index in [1.54, 1.807) is 0 Å². The van der Waals surface area contributed by atoms with Gasteiger partial charge in [0.2, 0.25) is 0 Å². The second-order valence-corrected chi connectivity index (χ2v) is 18.7. The molecule has 0 bridgehead atoms. The molecular weight excluding hydrogens is 712 g/mol. The van der Waals surface area contributed by atoms with Crippen LogP contribution in [0.25, 0.3) is 0 Å². The molecule has 5 aliphatic carbocycles. The van der Waals surface area contributed by atoms with Gasteiger partial charge in [-0.3, -0.25) is 9.59 Å². The topological polar surface area (TPSA) is 115 Å². The fourth-order valence-electron chi connectivity index (χ4n) is 10.3. The number of carbonyl (C=O) groups excluding carboxylic acids is 2. The van der Waals surface area contributed by atoms with Crippen molar-refractivity contribution in [3.05, 3.63) is 0 Å². The zero-order chi connectivity index (χ0) is 38.4. The molecule has 56 heavy (non-hydrogen) atoms. The van der Waals surface area contributed by atoms with Crippen LogP contribution in [0.4, 0.5) is 0 Å². The Bertz CT molecular complexity index is 1050. The summed E-state index contributed by atoms with van der Waals surface area (Å²) in [6.45, 7) is 5.16. The SMILES string of the molecule is O=C(OC1CCC(OC(=O)C2CCC(OCCCCCCOCC3CCC4OC4C3)CC2)CC1)C1CCC(OCCCCCCOCC2CCC3OC3C2)CC1. The van der Waals surface area contributed by atoms with Crippen molar-refractivity contribution in [3.8, 4) is 0 Å². The van der Waals surface area contributed by atoms with Crippen LogP contribution in [0.15, 0.2) is 0 Å². The molecule has 6 atom stereocenters. The van der Waals surface area contributed by atoms with E-state index in [1.807, 2.05) is 0 Å². The minimum absolute atomic E-state index is 0.0148. The Kier molecular flexibility index (Phi) is 17.5. The van der Waals surface area contributed by atoms with Gasteiger partial charge in [-0.15, -0.1) is 0 Å². The Labute approximate surface area is 337 Å². The van der Waals surface area contributed by atoms with E-state index >= 15 is 0 Å². The van der Waals surface area contributed by atoms with Crippen LogP contribution in [0.1, 0.15) is 167 Å². The smallest absolute Gasteiger partial charge is 0.309 e. The number of ether oxygens (including phenoxy) is 8. The summed E-state index contributed by atoms with van der Waals surface area (Å²) in [6.07, 6.45) is 29.4. The van der Waals surface area contributed by atoms with Crippen molar-refractivity contribution in [2.24, 2.45) is 23.7 Å². The second-order valence-electron chi connectivity index (χ2n) is 18.7. The van der Waals surface area contributed by atoms with Crippen LogP contribution < -0.4 is 0 Å². The van der Waals surface area contributed by atoms with E-state index in [0.29, 0.717) is 36.3 Å². The number of hydrogen-bond donors (Lipinski definition) is 0. The van der Waals surface area contributed by atoms with E-state index in [0.717, 1.165) is 142 Å². The summed E-state index contributed by atoms with van der Waals surface area (Å²) < 4.78 is 47.4. The third-order valence-electron chi connectivity index (χ3n) is 14.2. The van der Waals surface area contributed by atoms with Gasteiger partial charge in [-0.25, -0.2) is 0 Å². The van der Waals surface area contributed by atoms with Crippen molar-refractivity contribution in [2.45, 2.75) is 216 Å². The van der Waals surface area contributed by atoms with Crippen LogP contribution in [-0.4, -0.2) is 100 Å². The van der Waals surface area contributed by atoms with Crippen molar-refractivity contribution in [1.29, 1.82) is 0 Å². The van der Waals surface area contributed by atoms with Crippen molar-refractivity contribution in [2.75, 3.05) is 39.6 Å². The fraction of sp³-hybridized carbons (Fsp3) is 0.957. The summed E-state index contributed by atoms with van der Waals surface area (Å²) in [5, 5.41) is 0. The van der Waals surface area contributed by atoms with Gasteiger partial charge < -0.3 is 37.9 Å². The van der Waals surface area contributed by atoms with Crippen LogP contribution in [-0.2, 0) is 47.5 Å². The molecule has 0 amide bonds. The number of carbonyl (C=O) groups is 2. The zero-order valence-electron chi connectivity index (χ0n) is 34.6. The first-order valence-corrected chi connectivity index (χ1v) is 23.7. The van der Waals surface area contributed by atoms with Crippen molar-refractivity contribution < 1.29 is 47.5 Å². The first-order chi connectivity index (χ1) is 27.6. The highest BCUT2D eigenvalue weighted by atomic mass is 16.6. The molecule has 2 heterocycles. The van der Waals surface area contributed by atoms with E-state index in [1.165, 1.54) is 64.2 Å². The molecule has 0 aromatic rings. The minimum atomic E-state index is -0.0577. The molecule has 2 saturated heterocycles. The lowest BCUT2D eigenvalue weighted by Crippen LogP contribution is -2.35. The van der Waals surface area contributed by atoms with Gasteiger partial charge in [-0.05, 0) is 153 Å². The lowest BCUT2D eigenvalue weighted by molar-refractivity contribution is -0.165. The lowest BCUT2D eigenvalue weighted by Gasteiger charge is -2.32. The number of rotatable bonds is 24. The summed E-state index contributed by atoms with van der Waals surface area (Å²) in [6, 6.07) is 0. The maximum atomic E-state index is 13.0. The van der Waals surface area contributed by atoms with Gasteiger partial charge in [-0.1, -0.05) is 25.7 Å². The molecule has 7 rings (SSSR count). The fourth-order valence-corrected chi connectivity index (χ4v) is 10.3. The number of epoxide rings is 2. The summed E-state index contributed by atoms with van der Waals surface area (Å²) in [4.78, 5) is 26.0. The zero-order valence-corrected chi connectivity index (χ0v) is 34.6. The molecule has 0 spiro atoms. The van der Waals surface area contributed by atoms with Crippen molar-refractivity contribution >= 4 is 11.9 Å². The van der Waals surface area contributed by atoms with Crippen LogP contribution >= 0.6 is 0 Å². The number of esters is 2. The highest BCUT2D eigenvalue weighted by Gasteiger charge is 2.44. The largest absolute Gasteiger partial charge is 0.462 e. The molecule has 0 radical (unpaired) electrons. The molecule has 7 fully saturated rings. The van der Waals surface area contributed by atoms with Crippen molar-refractivity contribution in [1.82, 2.24) is 0 Å². The molecule has 0 N–H and O–H groups in total. The van der Waals surface area contributed by atoms with E-state index in [-0.39, 0.29) is 48.2 Å². The molecule has 6 unspecified atom stereocenters. The van der Waals surface area contributed by atoms with Gasteiger partial charge in [0, 0.05) is 39.6 Å². The lowest BCUT2D eigenvalue weighted by atomic mass is 9.87. The third kappa shape index (κ3) is 14.5. The molecule has 7 aliphatic rings. The molecule has 0 aromatic carbocycles. The number of unbranched alkanes of at least 4 members (excludes halogenated alkanes) is 6. The first-order valence-electron chi connectivity index (χ1n) is 23.7. The first kappa shape index (κ1) is 42.8. The molecule has 0 aromatic heterocycles. The van der Waals surface area contributed by atoms with Gasteiger partial charge in [0.1, 0.15) is 12.2 Å². The quantitative estimate of drug-likeness (QED) is 0.0534. The number of fused-ring (bicyclic) bond motifs is 2. The van der Waals surface area contributed by atoms with Gasteiger partial charge >= 0.3 is 11.9 Å². The Morgan fingerprint density at radius 1 is 0.393 bits per heavy atom. The Balaban J connectivity index is 0.628. The Morgan fingerprint density at radius 3 is 1.16 bits per heavy atom. The van der Waals surface area contributed by atoms with Crippen LogP contribution in [0.3, 0.4) is 0 Å². The number of hydrogen-bond acceptors (Lipinski definition) is 10. The predicted octanol–water partition coefficient (Wildman–Crippen LogP) is 8.82. The maximum Gasteiger partial charge on any atom is 0.309 e. The minimum Gasteiger partial charge on any atom is -0.462 e. The van der Waals surface area contributed by atoms with E-state index in [2.05, 4.69) is 0 Å². The summed E-state index contributed by atoms with van der Waals surface area (Å²) in [5.74, 6) is 1.29. The molecule has 5 saturated carbocycles. The third-order valence-corrected chi connectivity index (χ3v) is 14.2. The van der Waals surface area contributed by atoms with Crippen LogP contribution in [0.2, 0.25) is 0 Å².